The maximum absolute atomic E-state index is 12.0. The summed E-state index contributed by atoms with van der Waals surface area (Å²) in [5, 5.41) is 3.10. The average molecular weight is 267 g/mol. The molecule has 1 saturated heterocycles. The van der Waals surface area contributed by atoms with Crippen LogP contribution in [0.4, 0.5) is 0 Å². The molecule has 19 heavy (non-hydrogen) atoms. The van der Waals surface area contributed by atoms with Crippen LogP contribution in [0.5, 0.6) is 0 Å². The molecule has 110 valence electrons. The largest absolute Gasteiger partial charge is 0.356 e. The topological polar surface area (TPSA) is 58.4 Å². The Balaban J connectivity index is 1.66. The summed E-state index contributed by atoms with van der Waals surface area (Å²) in [6.07, 6.45) is 8.56. The molecular weight excluding hydrogens is 238 g/mol. The van der Waals surface area contributed by atoms with Crippen LogP contribution in [0.15, 0.2) is 0 Å². The molecule has 0 atom stereocenters. The number of carbonyl (C=O) groups excluding carboxylic acids is 1. The van der Waals surface area contributed by atoms with Crippen molar-refractivity contribution in [1.82, 2.24) is 10.2 Å². The molecule has 2 aliphatic rings. The zero-order chi connectivity index (χ0) is 13.7. The van der Waals surface area contributed by atoms with Gasteiger partial charge in [-0.1, -0.05) is 19.3 Å². The maximum Gasteiger partial charge on any atom is 0.221 e. The lowest BCUT2D eigenvalue weighted by Gasteiger charge is -2.33. The summed E-state index contributed by atoms with van der Waals surface area (Å²) in [6, 6.07) is 0. The molecule has 1 amide bonds. The number of nitrogens with one attached hydrogen (secondary N) is 1. The van der Waals surface area contributed by atoms with E-state index >= 15 is 0 Å². The van der Waals surface area contributed by atoms with Gasteiger partial charge in [-0.2, -0.15) is 0 Å². The minimum Gasteiger partial charge on any atom is -0.356 e. The molecule has 1 aliphatic heterocycles. The molecule has 0 aromatic rings. The fourth-order valence-corrected chi connectivity index (χ4v) is 3.34. The third-order valence-corrected chi connectivity index (χ3v) is 4.79. The van der Waals surface area contributed by atoms with E-state index in [-0.39, 0.29) is 11.4 Å². The first kappa shape index (κ1) is 14.8. The SMILES string of the molecule is CN1CCC(CNC(=O)CC2(N)CCCCC2)CC1. The van der Waals surface area contributed by atoms with Gasteiger partial charge in [-0.15, -0.1) is 0 Å². The monoisotopic (exact) mass is 267 g/mol. The van der Waals surface area contributed by atoms with Crippen molar-refractivity contribution >= 4 is 5.91 Å². The normalized spacial score (nSPS) is 25.2. The van der Waals surface area contributed by atoms with E-state index in [4.69, 9.17) is 5.73 Å². The van der Waals surface area contributed by atoms with Crippen LogP contribution in [0.2, 0.25) is 0 Å². The number of rotatable bonds is 4. The molecule has 0 unspecified atom stereocenters. The van der Waals surface area contributed by atoms with Crippen LogP contribution >= 0.6 is 0 Å². The van der Waals surface area contributed by atoms with Gasteiger partial charge in [0.05, 0.1) is 0 Å². The van der Waals surface area contributed by atoms with Crippen LogP contribution in [0.25, 0.3) is 0 Å². The van der Waals surface area contributed by atoms with Crippen LogP contribution in [-0.2, 0) is 4.79 Å². The predicted octanol–water partition coefficient (Wildman–Crippen LogP) is 1.50. The van der Waals surface area contributed by atoms with Gasteiger partial charge in [-0.05, 0) is 51.7 Å². The zero-order valence-corrected chi connectivity index (χ0v) is 12.3. The highest BCUT2D eigenvalue weighted by atomic mass is 16.1. The van der Waals surface area contributed by atoms with E-state index in [1.54, 1.807) is 0 Å². The van der Waals surface area contributed by atoms with Crippen LogP contribution in [0.1, 0.15) is 51.4 Å². The molecular formula is C15H29N3O. The maximum atomic E-state index is 12.0. The Hall–Kier alpha value is -0.610. The fourth-order valence-electron chi connectivity index (χ4n) is 3.34. The lowest BCUT2D eigenvalue weighted by Crippen LogP contribution is -2.46. The van der Waals surface area contributed by atoms with E-state index in [2.05, 4.69) is 17.3 Å². The minimum atomic E-state index is -0.227. The molecule has 2 rings (SSSR count). The first-order valence-electron chi connectivity index (χ1n) is 7.81. The number of amides is 1. The summed E-state index contributed by atoms with van der Waals surface area (Å²) in [5.41, 5.74) is 6.09. The molecule has 0 bridgehead atoms. The van der Waals surface area contributed by atoms with E-state index in [1.165, 1.54) is 32.1 Å². The first-order valence-corrected chi connectivity index (χ1v) is 7.81. The zero-order valence-electron chi connectivity index (χ0n) is 12.3. The van der Waals surface area contributed by atoms with Crippen molar-refractivity contribution in [2.75, 3.05) is 26.7 Å². The summed E-state index contributed by atoms with van der Waals surface area (Å²) in [6.45, 7) is 3.14. The second-order valence-corrected chi connectivity index (χ2v) is 6.65. The summed E-state index contributed by atoms with van der Waals surface area (Å²) >= 11 is 0. The molecule has 0 spiro atoms. The van der Waals surface area contributed by atoms with Crippen molar-refractivity contribution in [1.29, 1.82) is 0 Å². The smallest absolute Gasteiger partial charge is 0.221 e. The molecule has 0 aromatic carbocycles. The number of hydrogen-bond donors (Lipinski definition) is 2. The second-order valence-electron chi connectivity index (χ2n) is 6.65. The minimum absolute atomic E-state index is 0.156. The molecule has 4 nitrogen and oxygen atoms in total. The molecule has 1 saturated carbocycles. The van der Waals surface area contributed by atoms with E-state index in [9.17, 15) is 4.79 Å². The number of hydrogen-bond acceptors (Lipinski definition) is 3. The third kappa shape index (κ3) is 4.77. The Kier molecular flexibility index (Phi) is 5.22. The Labute approximate surface area is 117 Å². The quantitative estimate of drug-likeness (QED) is 0.811. The average Bonchev–Trinajstić information content (AvgIpc) is 2.38. The highest BCUT2D eigenvalue weighted by Crippen LogP contribution is 2.28. The summed E-state index contributed by atoms with van der Waals surface area (Å²) in [7, 11) is 2.16. The van der Waals surface area contributed by atoms with Crippen LogP contribution in [0, 0.1) is 5.92 Å². The fraction of sp³-hybridized carbons (Fsp3) is 0.933. The highest BCUT2D eigenvalue weighted by molar-refractivity contribution is 5.77. The summed E-state index contributed by atoms with van der Waals surface area (Å²) in [5.74, 6) is 0.809. The Bertz CT molecular complexity index is 292. The predicted molar refractivity (Wildman–Crippen MR) is 77.9 cm³/mol. The van der Waals surface area contributed by atoms with Gasteiger partial charge in [-0.3, -0.25) is 4.79 Å². The molecule has 3 N–H and O–H groups in total. The van der Waals surface area contributed by atoms with Gasteiger partial charge in [-0.25, -0.2) is 0 Å². The molecule has 1 aliphatic carbocycles. The molecule has 4 heteroatoms. The Morgan fingerprint density at radius 1 is 1.26 bits per heavy atom. The van der Waals surface area contributed by atoms with Gasteiger partial charge < -0.3 is 16.0 Å². The first-order chi connectivity index (χ1) is 9.07. The molecule has 1 heterocycles. The van der Waals surface area contributed by atoms with E-state index < -0.39 is 0 Å². The van der Waals surface area contributed by atoms with Crippen molar-refractivity contribution in [2.24, 2.45) is 11.7 Å². The van der Waals surface area contributed by atoms with Gasteiger partial charge in [0.1, 0.15) is 0 Å². The number of piperidine rings is 1. The van der Waals surface area contributed by atoms with Crippen molar-refractivity contribution in [3.05, 3.63) is 0 Å². The van der Waals surface area contributed by atoms with Gasteiger partial charge >= 0.3 is 0 Å². The number of nitrogens with two attached hydrogens (primary N) is 1. The summed E-state index contributed by atoms with van der Waals surface area (Å²) < 4.78 is 0. The van der Waals surface area contributed by atoms with Gasteiger partial charge in [0.15, 0.2) is 0 Å². The van der Waals surface area contributed by atoms with Gasteiger partial charge in [0.25, 0.3) is 0 Å². The van der Waals surface area contributed by atoms with E-state index in [0.717, 1.165) is 32.5 Å². The van der Waals surface area contributed by atoms with Crippen molar-refractivity contribution < 1.29 is 4.79 Å². The second kappa shape index (κ2) is 6.71. The number of likely N-dealkylation sites (tertiary alicyclic amines) is 1. The Morgan fingerprint density at radius 2 is 1.89 bits per heavy atom. The Morgan fingerprint density at radius 3 is 2.53 bits per heavy atom. The molecule has 2 fully saturated rings. The van der Waals surface area contributed by atoms with Crippen LogP contribution in [0.3, 0.4) is 0 Å². The molecule has 0 radical (unpaired) electrons. The number of nitrogens with zero attached hydrogens (tertiary/aromatic N) is 1. The lowest BCUT2D eigenvalue weighted by molar-refractivity contribution is -0.122. The van der Waals surface area contributed by atoms with Crippen molar-refractivity contribution in [3.63, 3.8) is 0 Å². The van der Waals surface area contributed by atoms with E-state index in [0.29, 0.717) is 12.3 Å². The number of carbonyl (C=O) groups is 1. The van der Waals surface area contributed by atoms with Gasteiger partial charge in [0, 0.05) is 18.5 Å². The third-order valence-electron chi connectivity index (χ3n) is 4.79. The van der Waals surface area contributed by atoms with Crippen molar-refractivity contribution in [3.8, 4) is 0 Å². The highest BCUT2D eigenvalue weighted by Gasteiger charge is 2.30. The van der Waals surface area contributed by atoms with E-state index in [1.807, 2.05) is 0 Å². The van der Waals surface area contributed by atoms with Crippen molar-refractivity contribution in [2.45, 2.75) is 56.9 Å². The standard InChI is InChI=1S/C15H29N3O/c1-18-9-5-13(6-10-18)12-17-14(19)11-15(16)7-3-2-4-8-15/h13H,2-12,16H2,1H3,(H,17,19). The molecule has 0 aromatic heterocycles. The summed E-state index contributed by atoms with van der Waals surface area (Å²) in [4.78, 5) is 14.4. The van der Waals surface area contributed by atoms with Gasteiger partial charge in [0.2, 0.25) is 5.91 Å². The van der Waals surface area contributed by atoms with Crippen LogP contribution in [-0.4, -0.2) is 43.0 Å². The lowest BCUT2D eigenvalue weighted by atomic mass is 9.80. The van der Waals surface area contributed by atoms with Crippen LogP contribution < -0.4 is 11.1 Å².